The van der Waals surface area contributed by atoms with Gasteiger partial charge in [0.15, 0.2) is 4.87 Å². The molecular formula is C11H15N2NaO3S. The number of carbonyl (C=O) groups is 2. The maximum absolute atomic E-state index is 11.3. The number of benzene rings is 1. The summed E-state index contributed by atoms with van der Waals surface area (Å²) < 4.78 is 0. The average Bonchev–Trinajstić information content (AvgIpc) is 2.28. The Labute approximate surface area is 132 Å². The van der Waals surface area contributed by atoms with Gasteiger partial charge in [-0.1, -0.05) is 36.9 Å². The predicted octanol–water partition coefficient (Wildman–Crippen LogP) is 0.989. The molecule has 18 heavy (non-hydrogen) atoms. The molecule has 1 atom stereocenters. The van der Waals surface area contributed by atoms with E-state index in [2.05, 4.69) is 5.32 Å². The van der Waals surface area contributed by atoms with Crippen molar-refractivity contribution in [3.63, 3.8) is 0 Å². The molecule has 7 heteroatoms. The number of carbonyl (C=O) groups excluding carboxylic acids is 1. The molecule has 0 aliphatic heterocycles. The number of nitrogens with two attached hydrogens (primary N) is 1. The van der Waals surface area contributed by atoms with Gasteiger partial charge in [0.25, 0.3) is 0 Å². The van der Waals surface area contributed by atoms with Gasteiger partial charge in [-0.3, -0.25) is 0 Å². The third kappa shape index (κ3) is 4.53. The number of primary amides is 1. The summed E-state index contributed by atoms with van der Waals surface area (Å²) in [4.78, 5) is 21.5. The Morgan fingerprint density at radius 2 is 1.94 bits per heavy atom. The number of carboxylic acid groups (broad SMARTS) is 1. The molecule has 0 saturated heterocycles. The number of rotatable bonds is 5. The molecule has 1 aromatic carbocycles. The van der Waals surface area contributed by atoms with Crippen LogP contribution in [0, 0.1) is 0 Å². The van der Waals surface area contributed by atoms with E-state index in [4.69, 9.17) is 5.73 Å². The molecule has 1 unspecified atom stereocenters. The fourth-order valence-corrected chi connectivity index (χ4v) is 2.40. The number of hydrogen-bond donors (Lipinski definition) is 3. The molecule has 4 N–H and O–H groups in total. The van der Waals surface area contributed by atoms with Crippen molar-refractivity contribution in [3.8, 4) is 0 Å². The summed E-state index contributed by atoms with van der Waals surface area (Å²) in [5.41, 5.74) is 5.02. The second-order valence-corrected chi connectivity index (χ2v) is 4.76. The summed E-state index contributed by atoms with van der Waals surface area (Å²) in [7, 11) is 0. The first kappa shape index (κ1) is 17.3. The molecule has 0 radical (unpaired) electrons. The summed E-state index contributed by atoms with van der Waals surface area (Å²) in [6.07, 6.45) is 0.227. The molecule has 2 amide bonds. The Hall–Kier alpha value is -0.690. The Kier molecular flexibility index (Phi) is 7.39. The molecule has 0 saturated carbocycles. The number of nitrogens with one attached hydrogen (secondary N) is 1. The fraction of sp³-hybridized carbons (Fsp3) is 0.273. The zero-order chi connectivity index (χ0) is 12.9. The normalized spacial score (nSPS) is 12.9. The molecule has 0 spiro atoms. The van der Waals surface area contributed by atoms with Gasteiger partial charge in [-0.2, -0.15) is 0 Å². The van der Waals surface area contributed by atoms with E-state index >= 15 is 0 Å². The summed E-state index contributed by atoms with van der Waals surface area (Å²) in [6.45, 7) is 1.68. The van der Waals surface area contributed by atoms with Crippen LogP contribution >= 0.6 is 11.8 Å². The van der Waals surface area contributed by atoms with Gasteiger partial charge >= 0.3 is 41.6 Å². The van der Waals surface area contributed by atoms with Crippen LogP contribution in [0.1, 0.15) is 13.3 Å². The van der Waals surface area contributed by atoms with Gasteiger partial charge in [0, 0.05) is 4.90 Å². The topological polar surface area (TPSA) is 92.4 Å². The van der Waals surface area contributed by atoms with Crippen molar-refractivity contribution in [2.75, 3.05) is 0 Å². The van der Waals surface area contributed by atoms with Crippen molar-refractivity contribution >= 4 is 53.3 Å². The van der Waals surface area contributed by atoms with Gasteiger partial charge in [0.1, 0.15) is 0 Å². The number of aliphatic carboxylic acids is 1. The van der Waals surface area contributed by atoms with Crippen LogP contribution in [-0.2, 0) is 4.79 Å². The van der Waals surface area contributed by atoms with E-state index in [1.807, 2.05) is 6.07 Å². The third-order valence-corrected chi connectivity index (χ3v) is 3.63. The van der Waals surface area contributed by atoms with Gasteiger partial charge in [-0.25, -0.2) is 9.59 Å². The Balaban J connectivity index is 0.00000289. The second-order valence-electron chi connectivity index (χ2n) is 3.39. The summed E-state index contributed by atoms with van der Waals surface area (Å²) >= 11 is 1.06. The number of urea groups is 1. The molecule has 0 aliphatic rings. The Morgan fingerprint density at radius 3 is 2.33 bits per heavy atom. The van der Waals surface area contributed by atoms with E-state index in [0.29, 0.717) is 0 Å². The van der Waals surface area contributed by atoms with Crippen LogP contribution in [0.25, 0.3) is 0 Å². The number of carboxylic acids is 1. The Bertz CT molecular complexity index is 416. The SMILES string of the molecule is CCC(NC(N)=O)(Sc1ccccc1)C(=O)O.[NaH]. The van der Waals surface area contributed by atoms with Crippen molar-refractivity contribution in [1.82, 2.24) is 5.32 Å². The first-order valence-corrected chi connectivity index (χ1v) is 5.87. The zero-order valence-corrected chi connectivity index (χ0v) is 10.2. The van der Waals surface area contributed by atoms with Crippen LogP contribution in [0.5, 0.6) is 0 Å². The van der Waals surface area contributed by atoms with E-state index in [1.165, 1.54) is 0 Å². The molecule has 0 bridgehead atoms. The summed E-state index contributed by atoms with van der Waals surface area (Å²) in [6, 6.07) is 8.14. The predicted molar refractivity (Wildman–Crippen MR) is 72.8 cm³/mol. The van der Waals surface area contributed by atoms with Crippen LogP contribution in [-0.4, -0.2) is 51.5 Å². The molecular weight excluding hydrogens is 263 g/mol. The first-order valence-electron chi connectivity index (χ1n) is 5.05. The minimum atomic E-state index is -1.42. The first-order chi connectivity index (χ1) is 8.00. The van der Waals surface area contributed by atoms with E-state index < -0.39 is 16.9 Å². The van der Waals surface area contributed by atoms with Crippen LogP contribution < -0.4 is 11.1 Å². The van der Waals surface area contributed by atoms with Crippen molar-refractivity contribution in [2.45, 2.75) is 23.1 Å². The van der Waals surface area contributed by atoms with E-state index in [0.717, 1.165) is 16.7 Å². The fourth-order valence-electron chi connectivity index (χ4n) is 1.32. The van der Waals surface area contributed by atoms with Gasteiger partial charge in [-0.15, -0.1) is 0 Å². The van der Waals surface area contributed by atoms with Crippen molar-refractivity contribution in [1.29, 1.82) is 0 Å². The zero-order valence-electron chi connectivity index (χ0n) is 9.34. The van der Waals surface area contributed by atoms with Gasteiger partial charge < -0.3 is 16.2 Å². The molecule has 94 valence electrons. The van der Waals surface area contributed by atoms with Crippen molar-refractivity contribution < 1.29 is 14.7 Å². The Morgan fingerprint density at radius 1 is 1.39 bits per heavy atom. The van der Waals surface area contributed by atoms with E-state index in [-0.39, 0.29) is 36.0 Å². The van der Waals surface area contributed by atoms with E-state index in [9.17, 15) is 14.7 Å². The van der Waals surface area contributed by atoms with Crippen LogP contribution in [0.15, 0.2) is 35.2 Å². The molecule has 0 aromatic heterocycles. The van der Waals surface area contributed by atoms with Crippen LogP contribution in [0.4, 0.5) is 4.79 Å². The number of amides is 2. The molecule has 0 heterocycles. The third-order valence-electron chi connectivity index (χ3n) is 2.20. The van der Waals surface area contributed by atoms with Crippen molar-refractivity contribution in [2.24, 2.45) is 5.73 Å². The minimum absolute atomic E-state index is 0. The number of thioether (sulfide) groups is 1. The second kappa shape index (κ2) is 7.68. The molecule has 1 aromatic rings. The van der Waals surface area contributed by atoms with Gasteiger partial charge in [-0.05, 0) is 18.6 Å². The molecule has 1 rings (SSSR count). The number of hydrogen-bond acceptors (Lipinski definition) is 3. The maximum atomic E-state index is 11.3. The molecule has 0 fully saturated rings. The summed E-state index contributed by atoms with van der Waals surface area (Å²) in [5.74, 6) is -1.12. The molecule has 5 nitrogen and oxygen atoms in total. The van der Waals surface area contributed by atoms with Gasteiger partial charge in [0.05, 0.1) is 0 Å². The average molecular weight is 278 g/mol. The van der Waals surface area contributed by atoms with E-state index in [1.54, 1.807) is 31.2 Å². The summed E-state index contributed by atoms with van der Waals surface area (Å²) in [5, 5.41) is 11.5. The van der Waals surface area contributed by atoms with Crippen molar-refractivity contribution in [3.05, 3.63) is 30.3 Å². The quantitative estimate of drug-likeness (QED) is 0.425. The standard InChI is InChI=1S/C11H14N2O3S.Na.H/c1-2-11(9(14)15,13-10(12)16)17-8-6-4-3-5-7-8;;/h3-7H,2H2,1H3,(H,14,15)(H3,12,13,16);;. The molecule has 0 aliphatic carbocycles. The monoisotopic (exact) mass is 278 g/mol. The van der Waals surface area contributed by atoms with Crippen LogP contribution in [0.2, 0.25) is 0 Å². The van der Waals surface area contributed by atoms with Gasteiger partial charge in [0.2, 0.25) is 0 Å². The van der Waals surface area contributed by atoms with Crippen LogP contribution in [0.3, 0.4) is 0 Å².